The maximum absolute atomic E-state index is 12.9. The van der Waals surface area contributed by atoms with Crippen LogP contribution in [0.2, 0.25) is 5.02 Å². The largest absolute Gasteiger partial charge is 0.372 e. The maximum atomic E-state index is 12.9. The number of benzene rings is 2. The minimum atomic E-state index is -0.0885. The lowest BCUT2D eigenvalue weighted by Crippen LogP contribution is -2.39. The number of carbonyl (C=O) groups excluding carboxylic acids is 1. The number of hydrogen-bond donors (Lipinski definition) is 1. The van der Waals surface area contributed by atoms with Crippen molar-refractivity contribution < 1.29 is 9.53 Å². The standard InChI is InChI=1S/C25H25ClN2O2S/c26-21-7-3-17(4-8-21)11-23-28-22(15-31-23)24(29)27-16-25(9-1-2-10-25)20-6-5-18-13-30-14-19(18)12-20/h3-8,12,15H,1-2,9-11,13-14,16H2,(H,27,29). The number of thiazole rings is 1. The number of hydrogen-bond acceptors (Lipinski definition) is 4. The second-order valence-electron chi connectivity index (χ2n) is 8.58. The molecule has 4 nitrogen and oxygen atoms in total. The Morgan fingerprint density at radius 2 is 1.87 bits per heavy atom. The summed E-state index contributed by atoms with van der Waals surface area (Å²) in [5.74, 6) is -0.0885. The SMILES string of the molecule is O=C(NCC1(c2ccc3c(c2)COC3)CCCC1)c1csc(Cc2ccc(Cl)cc2)n1. The number of carbonyl (C=O) groups is 1. The highest BCUT2D eigenvalue weighted by molar-refractivity contribution is 7.09. The predicted molar refractivity (Wildman–Crippen MR) is 124 cm³/mol. The van der Waals surface area contributed by atoms with Crippen molar-refractivity contribution in [3.05, 3.63) is 85.8 Å². The molecule has 1 aromatic heterocycles. The van der Waals surface area contributed by atoms with Crippen molar-refractivity contribution in [1.82, 2.24) is 10.3 Å². The van der Waals surface area contributed by atoms with Gasteiger partial charge in [0, 0.05) is 28.8 Å². The molecule has 5 rings (SSSR count). The van der Waals surface area contributed by atoms with E-state index in [0.717, 1.165) is 28.4 Å². The van der Waals surface area contributed by atoms with Gasteiger partial charge in [-0.2, -0.15) is 0 Å². The molecule has 2 aromatic carbocycles. The van der Waals surface area contributed by atoms with E-state index in [2.05, 4.69) is 28.5 Å². The molecule has 31 heavy (non-hydrogen) atoms. The number of fused-ring (bicyclic) bond motifs is 1. The summed E-state index contributed by atoms with van der Waals surface area (Å²) in [5, 5.41) is 6.70. The van der Waals surface area contributed by atoms with Gasteiger partial charge in [-0.3, -0.25) is 4.79 Å². The molecule has 0 saturated heterocycles. The molecule has 2 heterocycles. The van der Waals surface area contributed by atoms with Crippen molar-refractivity contribution in [2.75, 3.05) is 6.54 Å². The summed E-state index contributed by atoms with van der Waals surface area (Å²) in [6.07, 6.45) is 5.31. The van der Waals surface area contributed by atoms with E-state index in [1.807, 2.05) is 29.6 Å². The summed E-state index contributed by atoms with van der Waals surface area (Å²) in [6, 6.07) is 14.5. The Labute approximate surface area is 191 Å². The third kappa shape index (κ3) is 4.40. The minimum absolute atomic E-state index is 0.00936. The molecular weight excluding hydrogens is 428 g/mol. The van der Waals surface area contributed by atoms with E-state index >= 15 is 0 Å². The van der Waals surface area contributed by atoms with E-state index in [-0.39, 0.29) is 11.3 Å². The lowest BCUT2D eigenvalue weighted by atomic mass is 9.78. The average Bonchev–Trinajstić information content (AvgIpc) is 3.54. The van der Waals surface area contributed by atoms with E-state index in [0.29, 0.717) is 31.9 Å². The first kappa shape index (κ1) is 20.7. The van der Waals surface area contributed by atoms with Gasteiger partial charge in [-0.15, -0.1) is 11.3 Å². The van der Waals surface area contributed by atoms with E-state index in [9.17, 15) is 4.79 Å². The molecule has 0 bridgehead atoms. The van der Waals surface area contributed by atoms with E-state index in [4.69, 9.17) is 16.3 Å². The molecule has 0 atom stereocenters. The fourth-order valence-electron chi connectivity index (χ4n) is 4.73. The maximum Gasteiger partial charge on any atom is 0.270 e. The zero-order chi connectivity index (χ0) is 21.3. The van der Waals surface area contributed by atoms with Crippen molar-refractivity contribution in [2.45, 2.75) is 50.7 Å². The van der Waals surface area contributed by atoms with E-state index in [1.165, 1.54) is 40.9 Å². The molecule has 0 radical (unpaired) electrons. The number of nitrogens with one attached hydrogen (secondary N) is 1. The lowest BCUT2D eigenvalue weighted by Gasteiger charge is -2.30. The van der Waals surface area contributed by atoms with Gasteiger partial charge >= 0.3 is 0 Å². The number of aromatic nitrogens is 1. The van der Waals surface area contributed by atoms with Gasteiger partial charge in [-0.05, 0) is 47.2 Å². The molecule has 1 aliphatic heterocycles. The van der Waals surface area contributed by atoms with E-state index in [1.54, 1.807) is 0 Å². The molecule has 3 aromatic rings. The molecule has 160 valence electrons. The summed E-state index contributed by atoms with van der Waals surface area (Å²) in [4.78, 5) is 17.4. The number of amides is 1. The van der Waals surface area contributed by atoms with Gasteiger partial charge < -0.3 is 10.1 Å². The molecule has 6 heteroatoms. The van der Waals surface area contributed by atoms with Crippen LogP contribution in [-0.4, -0.2) is 17.4 Å². The van der Waals surface area contributed by atoms with Crippen LogP contribution < -0.4 is 5.32 Å². The number of ether oxygens (including phenoxy) is 1. The quantitative estimate of drug-likeness (QED) is 0.525. The van der Waals surface area contributed by atoms with Crippen molar-refractivity contribution in [1.29, 1.82) is 0 Å². The third-order valence-electron chi connectivity index (χ3n) is 6.53. The van der Waals surface area contributed by atoms with Crippen LogP contribution in [0.15, 0.2) is 47.8 Å². The Morgan fingerprint density at radius 1 is 1.10 bits per heavy atom. The Hall–Kier alpha value is -2.21. The summed E-state index contributed by atoms with van der Waals surface area (Å²) < 4.78 is 5.59. The van der Waals surface area contributed by atoms with Crippen LogP contribution in [0.4, 0.5) is 0 Å². The van der Waals surface area contributed by atoms with Crippen LogP contribution in [-0.2, 0) is 29.8 Å². The number of nitrogens with zero attached hydrogens (tertiary/aromatic N) is 1. The normalized spacial score (nSPS) is 16.9. The smallest absolute Gasteiger partial charge is 0.270 e. The Balaban J connectivity index is 1.27. The average molecular weight is 453 g/mol. The van der Waals surface area contributed by atoms with Gasteiger partial charge in [0.05, 0.1) is 18.2 Å². The zero-order valence-corrected chi connectivity index (χ0v) is 18.9. The zero-order valence-electron chi connectivity index (χ0n) is 17.3. The molecule has 0 spiro atoms. The van der Waals surface area contributed by atoms with Crippen molar-refractivity contribution in [3.63, 3.8) is 0 Å². The molecule has 0 unspecified atom stereocenters. The third-order valence-corrected chi connectivity index (χ3v) is 7.64. The predicted octanol–water partition coefficient (Wildman–Crippen LogP) is 5.66. The molecule has 1 fully saturated rings. The first-order valence-electron chi connectivity index (χ1n) is 10.8. The molecule has 2 aliphatic rings. The second-order valence-corrected chi connectivity index (χ2v) is 9.96. The summed E-state index contributed by atoms with van der Waals surface area (Å²) in [5.41, 5.74) is 5.56. The first-order valence-corrected chi connectivity index (χ1v) is 12.0. The fraction of sp³-hybridized carbons (Fsp3) is 0.360. The van der Waals surface area contributed by atoms with E-state index < -0.39 is 0 Å². The number of halogens is 1. The van der Waals surface area contributed by atoms with Crippen LogP contribution in [0.3, 0.4) is 0 Å². The van der Waals surface area contributed by atoms with Crippen LogP contribution in [0.1, 0.15) is 63.4 Å². The summed E-state index contributed by atoms with van der Waals surface area (Å²) in [7, 11) is 0. The van der Waals surface area contributed by atoms with Gasteiger partial charge in [0.2, 0.25) is 0 Å². The highest BCUT2D eigenvalue weighted by atomic mass is 35.5. The molecule has 1 N–H and O–H groups in total. The van der Waals surface area contributed by atoms with Crippen molar-refractivity contribution in [2.24, 2.45) is 0 Å². The Morgan fingerprint density at radius 3 is 2.68 bits per heavy atom. The van der Waals surface area contributed by atoms with Gasteiger partial charge in [-0.25, -0.2) is 4.98 Å². The summed E-state index contributed by atoms with van der Waals surface area (Å²) >= 11 is 7.49. The van der Waals surface area contributed by atoms with Gasteiger partial charge in [-0.1, -0.05) is 54.8 Å². The Kier molecular flexibility index (Phi) is 5.83. The lowest BCUT2D eigenvalue weighted by molar-refractivity contribution is 0.0938. The molecule has 1 amide bonds. The first-order chi connectivity index (χ1) is 15.1. The van der Waals surface area contributed by atoms with Crippen molar-refractivity contribution >= 4 is 28.8 Å². The van der Waals surface area contributed by atoms with Crippen LogP contribution in [0.5, 0.6) is 0 Å². The Bertz CT molecular complexity index is 1090. The van der Waals surface area contributed by atoms with Crippen LogP contribution in [0.25, 0.3) is 0 Å². The van der Waals surface area contributed by atoms with Crippen molar-refractivity contribution in [3.8, 4) is 0 Å². The topological polar surface area (TPSA) is 51.2 Å². The number of rotatable bonds is 6. The van der Waals surface area contributed by atoms with Crippen LogP contribution >= 0.6 is 22.9 Å². The van der Waals surface area contributed by atoms with Gasteiger partial charge in [0.25, 0.3) is 5.91 Å². The monoisotopic (exact) mass is 452 g/mol. The second kappa shape index (κ2) is 8.73. The highest BCUT2D eigenvalue weighted by Gasteiger charge is 2.36. The fourth-order valence-corrected chi connectivity index (χ4v) is 5.67. The summed E-state index contributed by atoms with van der Waals surface area (Å²) in [6.45, 7) is 2.05. The molecule has 1 saturated carbocycles. The van der Waals surface area contributed by atoms with Crippen LogP contribution in [0, 0.1) is 0 Å². The molecule has 1 aliphatic carbocycles. The van der Waals surface area contributed by atoms with Gasteiger partial charge in [0.1, 0.15) is 5.69 Å². The molecular formula is C25H25ClN2O2S. The minimum Gasteiger partial charge on any atom is -0.372 e. The highest BCUT2D eigenvalue weighted by Crippen LogP contribution is 2.42. The van der Waals surface area contributed by atoms with Gasteiger partial charge in [0.15, 0.2) is 0 Å².